The SMILES string of the molecule is C=C[C@]1(CO)O[C@@H](n2cc(F)c(=O)[nH]c2=O)C[C@@H]1O. The Morgan fingerprint density at radius 3 is 2.89 bits per heavy atom. The summed E-state index contributed by atoms with van der Waals surface area (Å²) in [5.74, 6) is -1.14. The summed E-state index contributed by atoms with van der Waals surface area (Å²) >= 11 is 0. The quantitative estimate of drug-likeness (QED) is 0.604. The topological polar surface area (TPSA) is 105 Å². The Morgan fingerprint density at radius 2 is 2.37 bits per heavy atom. The molecular weight excluding hydrogens is 259 g/mol. The van der Waals surface area contributed by atoms with Gasteiger partial charge in [-0.1, -0.05) is 6.08 Å². The van der Waals surface area contributed by atoms with Crippen LogP contribution in [0.15, 0.2) is 28.4 Å². The van der Waals surface area contributed by atoms with Crippen LogP contribution >= 0.6 is 0 Å². The lowest BCUT2D eigenvalue weighted by molar-refractivity contribution is -0.0975. The molecule has 104 valence electrons. The van der Waals surface area contributed by atoms with Gasteiger partial charge in [0.25, 0.3) is 5.56 Å². The van der Waals surface area contributed by atoms with E-state index in [0.717, 1.165) is 4.57 Å². The van der Waals surface area contributed by atoms with Gasteiger partial charge in [-0.2, -0.15) is 4.39 Å². The fourth-order valence-electron chi connectivity index (χ4n) is 2.01. The van der Waals surface area contributed by atoms with Gasteiger partial charge in [-0.25, -0.2) is 4.79 Å². The molecule has 2 heterocycles. The molecule has 19 heavy (non-hydrogen) atoms. The van der Waals surface area contributed by atoms with Crippen molar-refractivity contribution >= 4 is 0 Å². The van der Waals surface area contributed by atoms with E-state index in [1.54, 1.807) is 4.98 Å². The molecule has 2 rings (SSSR count). The van der Waals surface area contributed by atoms with Gasteiger partial charge in [0.05, 0.1) is 18.9 Å². The Bertz CT molecular complexity index is 610. The van der Waals surface area contributed by atoms with Crippen LogP contribution in [0.25, 0.3) is 0 Å². The number of hydrogen-bond acceptors (Lipinski definition) is 5. The zero-order valence-corrected chi connectivity index (χ0v) is 9.88. The van der Waals surface area contributed by atoms with Gasteiger partial charge < -0.3 is 14.9 Å². The van der Waals surface area contributed by atoms with Gasteiger partial charge >= 0.3 is 5.69 Å². The van der Waals surface area contributed by atoms with E-state index in [2.05, 4.69) is 6.58 Å². The minimum absolute atomic E-state index is 0.0437. The molecule has 0 spiro atoms. The molecule has 0 bridgehead atoms. The van der Waals surface area contributed by atoms with Crippen molar-refractivity contribution in [3.63, 3.8) is 0 Å². The summed E-state index contributed by atoms with van der Waals surface area (Å²) in [5, 5.41) is 19.1. The maximum atomic E-state index is 13.2. The van der Waals surface area contributed by atoms with Crippen molar-refractivity contribution in [1.82, 2.24) is 9.55 Å². The van der Waals surface area contributed by atoms with Gasteiger partial charge in [-0.3, -0.25) is 14.3 Å². The van der Waals surface area contributed by atoms with Crippen LogP contribution in [0.2, 0.25) is 0 Å². The van der Waals surface area contributed by atoms with E-state index in [-0.39, 0.29) is 6.42 Å². The number of aliphatic hydroxyl groups is 2. The fourth-order valence-corrected chi connectivity index (χ4v) is 2.01. The number of aliphatic hydroxyl groups excluding tert-OH is 2. The molecule has 3 N–H and O–H groups in total. The number of hydrogen-bond donors (Lipinski definition) is 3. The van der Waals surface area contributed by atoms with E-state index < -0.39 is 41.6 Å². The third-order valence-corrected chi connectivity index (χ3v) is 3.17. The van der Waals surface area contributed by atoms with Gasteiger partial charge in [0.1, 0.15) is 11.8 Å². The van der Waals surface area contributed by atoms with Crippen LogP contribution in [0.5, 0.6) is 0 Å². The van der Waals surface area contributed by atoms with E-state index >= 15 is 0 Å². The van der Waals surface area contributed by atoms with E-state index in [0.29, 0.717) is 6.20 Å². The number of halogens is 1. The summed E-state index contributed by atoms with van der Waals surface area (Å²) in [6.45, 7) is 2.92. The average molecular weight is 272 g/mol. The van der Waals surface area contributed by atoms with Gasteiger partial charge in [0.15, 0.2) is 0 Å². The molecule has 1 aromatic heterocycles. The number of nitrogens with zero attached hydrogens (tertiary/aromatic N) is 1. The van der Waals surface area contributed by atoms with Gasteiger partial charge in [-0.15, -0.1) is 6.58 Å². The molecule has 0 unspecified atom stereocenters. The van der Waals surface area contributed by atoms with Gasteiger partial charge in [-0.05, 0) is 0 Å². The highest BCUT2D eigenvalue weighted by molar-refractivity contribution is 5.07. The Hall–Kier alpha value is -1.77. The van der Waals surface area contributed by atoms with Crippen LogP contribution in [0, 0.1) is 5.82 Å². The van der Waals surface area contributed by atoms with Crippen molar-refractivity contribution in [2.45, 2.75) is 24.4 Å². The molecule has 1 aliphatic rings. The smallest absolute Gasteiger partial charge is 0.330 e. The first-order valence-electron chi connectivity index (χ1n) is 5.55. The molecule has 1 saturated heterocycles. The molecule has 1 fully saturated rings. The maximum Gasteiger partial charge on any atom is 0.330 e. The molecule has 7 nitrogen and oxygen atoms in total. The summed E-state index contributed by atoms with van der Waals surface area (Å²) in [5.41, 5.74) is -3.39. The Labute approximate surface area is 106 Å². The van der Waals surface area contributed by atoms with Crippen molar-refractivity contribution in [2.75, 3.05) is 6.61 Å². The summed E-state index contributed by atoms with van der Waals surface area (Å²) in [7, 11) is 0. The van der Waals surface area contributed by atoms with Crippen molar-refractivity contribution in [3.05, 3.63) is 45.5 Å². The molecule has 8 heteroatoms. The molecule has 0 radical (unpaired) electrons. The lowest BCUT2D eigenvalue weighted by Gasteiger charge is -2.26. The lowest BCUT2D eigenvalue weighted by atomic mass is 9.98. The number of H-pyrrole nitrogens is 1. The molecule has 1 aliphatic heterocycles. The molecule has 3 atom stereocenters. The number of nitrogens with one attached hydrogen (secondary N) is 1. The van der Waals surface area contributed by atoms with E-state index in [1.165, 1.54) is 6.08 Å². The number of aromatic amines is 1. The summed E-state index contributed by atoms with van der Waals surface area (Å²) in [6, 6.07) is 0. The minimum Gasteiger partial charge on any atom is -0.393 e. The number of aromatic nitrogens is 2. The fraction of sp³-hybridized carbons (Fsp3) is 0.455. The monoisotopic (exact) mass is 272 g/mol. The van der Waals surface area contributed by atoms with Gasteiger partial charge in [0.2, 0.25) is 5.82 Å². The average Bonchev–Trinajstić information content (AvgIpc) is 2.71. The Balaban J connectivity index is 2.41. The van der Waals surface area contributed by atoms with Crippen molar-refractivity contribution < 1.29 is 19.3 Å². The first-order valence-corrected chi connectivity index (χ1v) is 5.55. The third kappa shape index (κ3) is 2.14. The highest BCUT2D eigenvalue weighted by Crippen LogP contribution is 2.36. The van der Waals surface area contributed by atoms with Crippen molar-refractivity contribution in [3.8, 4) is 0 Å². The standard InChI is InChI=1S/C11H13FN2O5/c1-2-11(5-15)7(16)3-8(19-11)14-4-6(12)9(17)13-10(14)18/h2,4,7-8,15-16H,1,3,5H2,(H,13,17,18)/t7-,8+,11+/m0/s1. The summed E-state index contributed by atoms with van der Waals surface area (Å²) in [6.07, 6.45) is -0.210. The number of rotatable bonds is 3. The zero-order valence-electron chi connectivity index (χ0n) is 9.88. The summed E-state index contributed by atoms with van der Waals surface area (Å²) in [4.78, 5) is 24.3. The predicted octanol–water partition coefficient (Wildman–Crippen LogP) is -1.13. The molecule has 0 aliphatic carbocycles. The first-order chi connectivity index (χ1) is 8.93. The van der Waals surface area contributed by atoms with E-state index in [1.807, 2.05) is 0 Å². The third-order valence-electron chi connectivity index (χ3n) is 3.17. The second-order valence-corrected chi connectivity index (χ2v) is 4.28. The normalized spacial score (nSPS) is 30.5. The van der Waals surface area contributed by atoms with E-state index in [9.17, 15) is 24.2 Å². The predicted molar refractivity (Wildman–Crippen MR) is 62.0 cm³/mol. The lowest BCUT2D eigenvalue weighted by Crippen LogP contribution is -2.41. The first kappa shape index (κ1) is 13.7. The number of ether oxygens (including phenoxy) is 1. The molecule has 0 saturated carbocycles. The summed E-state index contributed by atoms with van der Waals surface area (Å²) < 4.78 is 19.4. The van der Waals surface area contributed by atoms with Crippen molar-refractivity contribution in [1.29, 1.82) is 0 Å². The van der Waals surface area contributed by atoms with Crippen LogP contribution in [0.1, 0.15) is 12.6 Å². The molecular formula is C11H13FN2O5. The molecule has 1 aromatic rings. The second kappa shape index (κ2) is 4.72. The molecule has 0 amide bonds. The van der Waals surface area contributed by atoms with Crippen LogP contribution in [0.4, 0.5) is 4.39 Å². The van der Waals surface area contributed by atoms with Crippen LogP contribution in [0.3, 0.4) is 0 Å². The van der Waals surface area contributed by atoms with Gasteiger partial charge in [0, 0.05) is 6.42 Å². The van der Waals surface area contributed by atoms with E-state index in [4.69, 9.17) is 4.74 Å². The largest absolute Gasteiger partial charge is 0.393 e. The Morgan fingerprint density at radius 1 is 1.68 bits per heavy atom. The molecule has 0 aromatic carbocycles. The van der Waals surface area contributed by atoms with Crippen LogP contribution in [-0.2, 0) is 4.74 Å². The maximum absolute atomic E-state index is 13.2. The van der Waals surface area contributed by atoms with Crippen molar-refractivity contribution in [2.24, 2.45) is 0 Å². The highest BCUT2D eigenvalue weighted by Gasteiger charge is 2.46. The Kier molecular flexibility index (Phi) is 3.40. The second-order valence-electron chi connectivity index (χ2n) is 4.28. The van der Waals surface area contributed by atoms with Crippen LogP contribution < -0.4 is 11.2 Å². The highest BCUT2D eigenvalue weighted by atomic mass is 19.1. The minimum atomic E-state index is -1.41. The zero-order chi connectivity index (χ0) is 14.2. The van der Waals surface area contributed by atoms with Crippen LogP contribution in [-0.4, -0.2) is 38.1 Å².